The first-order valence-corrected chi connectivity index (χ1v) is 6.08. The highest BCUT2D eigenvalue weighted by Crippen LogP contribution is 2.31. The van der Waals surface area contributed by atoms with Gasteiger partial charge in [-0.1, -0.05) is 11.3 Å². The summed E-state index contributed by atoms with van der Waals surface area (Å²) in [6, 6.07) is 7.96. The van der Waals surface area contributed by atoms with Gasteiger partial charge in [-0.2, -0.15) is 0 Å². The topological polar surface area (TPSA) is 35.5 Å². The summed E-state index contributed by atoms with van der Waals surface area (Å²) in [5.74, 6) is -0.0220. The Kier molecular flexibility index (Phi) is 4.03. The standard InChI is InChI=1S/C12H6BF3O3S/c13-11(17)9-5-6-10(20-9)18-7-1-3-8(4-2-7)19-12(14,15)16/h1-6H. The van der Waals surface area contributed by atoms with Gasteiger partial charge in [0.1, 0.15) is 17.2 Å². The van der Waals surface area contributed by atoms with Gasteiger partial charge in [0.15, 0.2) is 12.9 Å². The fourth-order valence-corrected chi connectivity index (χ4v) is 2.06. The zero-order valence-electron chi connectivity index (χ0n) is 9.81. The van der Waals surface area contributed by atoms with Crippen molar-refractivity contribution in [1.29, 1.82) is 0 Å². The first-order valence-electron chi connectivity index (χ1n) is 5.27. The van der Waals surface area contributed by atoms with Gasteiger partial charge >= 0.3 is 6.36 Å². The minimum absolute atomic E-state index is 0.317. The monoisotopic (exact) mass is 298 g/mol. The van der Waals surface area contributed by atoms with Crippen LogP contribution in [0.4, 0.5) is 13.2 Å². The molecule has 0 bridgehead atoms. The van der Waals surface area contributed by atoms with Gasteiger partial charge in [0, 0.05) is 0 Å². The number of hydrogen-bond donors (Lipinski definition) is 0. The van der Waals surface area contributed by atoms with Crippen molar-refractivity contribution in [3.8, 4) is 16.6 Å². The quantitative estimate of drug-likeness (QED) is 0.806. The number of hydrogen-bond acceptors (Lipinski definition) is 4. The lowest BCUT2D eigenvalue weighted by atomic mass is 10.0. The summed E-state index contributed by atoms with van der Waals surface area (Å²) < 4.78 is 45.0. The number of halogens is 3. The summed E-state index contributed by atoms with van der Waals surface area (Å²) in [4.78, 5) is 11.2. The molecular formula is C12H6BF3O3S. The predicted octanol–water partition coefficient (Wildman–Crippen LogP) is 3.75. The van der Waals surface area contributed by atoms with E-state index in [1.807, 2.05) is 0 Å². The molecular weight excluding hydrogens is 292 g/mol. The third-order valence-corrected chi connectivity index (χ3v) is 3.08. The van der Waals surface area contributed by atoms with Crippen molar-refractivity contribution in [2.75, 3.05) is 0 Å². The number of carbonyl (C=O) groups is 1. The van der Waals surface area contributed by atoms with Gasteiger partial charge in [-0.25, -0.2) is 0 Å². The van der Waals surface area contributed by atoms with Crippen LogP contribution in [0.1, 0.15) is 9.67 Å². The molecule has 0 amide bonds. The first kappa shape index (κ1) is 14.5. The second kappa shape index (κ2) is 5.58. The molecule has 0 aliphatic rings. The fraction of sp³-hybridized carbons (Fsp3) is 0.0833. The second-order valence-electron chi connectivity index (χ2n) is 3.60. The number of alkyl halides is 3. The molecule has 0 unspecified atom stereocenters. The number of rotatable bonds is 4. The van der Waals surface area contributed by atoms with E-state index >= 15 is 0 Å². The Hall–Kier alpha value is -1.96. The van der Waals surface area contributed by atoms with Crippen LogP contribution < -0.4 is 9.47 Å². The smallest absolute Gasteiger partial charge is 0.447 e. The largest absolute Gasteiger partial charge is 0.573 e. The minimum atomic E-state index is -4.73. The average molecular weight is 298 g/mol. The molecule has 0 saturated carbocycles. The Balaban J connectivity index is 2.04. The molecule has 0 atom stereocenters. The maximum absolute atomic E-state index is 12.0. The number of carbonyl (C=O) groups excluding carboxylic acids is 1. The molecule has 1 aromatic heterocycles. The van der Waals surface area contributed by atoms with Crippen molar-refractivity contribution in [2.45, 2.75) is 6.36 Å². The summed E-state index contributed by atoms with van der Waals surface area (Å²) in [6.07, 6.45) is -4.73. The van der Waals surface area contributed by atoms with Crippen LogP contribution in [0.2, 0.25) is 0 Å². The van der Waals surface area contributed by atoms with Crippen molar-refractivity contribution >= 4 is 24.9 Å². The lowest BCUT2D eigenvalue weighted by Gasteiger charge is -2.09. The van der Waals surface area contributed by atoms with E-state index in [9.17, 15) is 18.0 Å². The van der Waals surface area contributed by atoms with Crippen LogP contribution in [0, 0.1) is 0 Å². The molecule has 0 aliphatic carbocycles. The van der Waals surface area contributed by atoms with Gasteiger partial charge in [-0.15, -0.1) is 13.2 Å². The summed E-state index contributed by atoms with van der Waals surface area (Å²) in [5, 5.41) is 0.406. The molecule has 0 spiro atoms. The molecule has 0 aliphatic heterocycles. The van der Waals surface area contributed by atoms with Crippen LogP contribution in [0.15, 0.2) is 36.4 Å². The summed E-state index contributed by atoms with van der Waals surface area (Å²) in [7, 11) is 5.09. The van der Waals surface area contributed by atoms with E-state index in [0.717, 1.165) is 23.5 Å². The second-order valence-corrected chi connectivity index (χ2v) is 4.65. The van der Waals surface area contributed by atoms with Crippen LogP contribution in [0.25, 0.3) is 0 Å². The molecule has 2 rings (SSSR count). The summed E-state index contributed by atoms with van der Waals surface area (Å²) >= 11 is 1.04. The minimum Gasteiger partial charge on any atom is -0.447 e. The third kappa shape index (κ3) is 4.02. The molecule has 2 radical (unpaired) electrons. The van der Waals surface area contributed by atoms with Crippen LogP contribution in [0.3, 0.4) is 0 Å². The maximum atomic E-state index is 12.0. The molecule has 20 heavy (non-hydrogen) atoms. The van der Waals surface area contributed by atoms with Gasteiger partial charge in [0.25, 0.3) is 0 Å². The highest BCUT2D eigenvalue weighted by Gasteiger charge is 2.30. The van der Waals surface area contributed by atoms with Crippen LogP contribution in [-0.4, -0.2) is 19.9 Å². The number of benzene rings is 1. The SMILES string of the molecule is [B]C(=O)c1ccc(Oc2ccc(OC(F)(F)F)cc2)s1. The fourth-order valence-electron chi connectivity index (χ4n) is 1.33. The van der Waals surface area contributed by atoms with Gasteiger partial charge < -0.3 is 14.3 Å². The Morgan fingerprint density at radius 1 is 1.05 bits per heavy atom. The Morgan fingerprint density at radius 2 is 1.65 bits per heavy atom. The van der Waals surface area contributed by atoms with Gasteiger partial charge in [-0.3, -0.25) is 0 Å². The molecule has 8 heteroatoms. The van der Waals surface area contributed by atoms with E-state index in [1.165, 1.54) is 18.2 Å². The van der Waals surface area contributed by atoms with Gasteiger partial charge in [-0.05, 0) is 36.4 Å². The molecule has 102 valence electrons. The lowest BCUT2D eigenvalue weighted by molar-refractivity contribution is -0.274. The van der Waals surface area contributed by atoms with Crippen LogP contribution in [0.5, 0.6) is 16.6 Å². The molecule has 1 aromatic carbocycles. The van der Waals surface area contributed by atoms with E-state index in [0.29, 0.717) is 15.7 Å². The summed E-state index contributed by atoms with van der Waals surface area (Å²) in [5.41, 5.74) is -0.571. The highest BCUT2D eigenvalue weighted by molar-refractivity contribution is 7.17. The van der Waals surface area contributed by atoms with E-state index < -0.39 is 12.0 Å². The van der Waals surface area contributed by atoms with E-state index in [1.54, 1.807) is 6.07 Å². The van der Waals surface area contributed by atoms with E-state index in [-0.39, 0.29) is 5.75 Å². The zero-order chi connectivity index (χ0) is 14.8. The lowest BCUT2D eigenvalue weighted by Crippen LogP contribution is -2.16. The number of thiophene rings is 1. The normalized spacial score (nSPS) is 11.2. The van der Waals surface area contributed by atoms with Crippen molar-refractivity contribution in [3.63, 3.8) is 0 Å². The Morgan fingerprint density at radius 3 is 2.15 bits per heavy atom. The van der Waals surface area contributed by atoms with Crippen LogP contribution in [-0.2, 0) is 0 Å². The summed E-state index contributed by atoms with van der Waals surface area (Å²) in [6.45, 7) is 0. The van der Waals surface area contributed by atoms with Crippen LogP contribution >= 0.6 is 11.3 Å². The Bertz CT molecular complexity index is 607. The third-order valence-electron chi connectivity index (χ3n) is 2.10. The van der Waals surface area contributed by atoms with Crippen molar-refractivity contribution in [3.05, 3.63) is 41.3 Å². The van der Waals surface area contributed by atoms with E-state index in [4.69, 9.17) is 12.6 Å². The zero-order valence-corrected chi connectivity index (χ0v) is 10.6. The van der Waals surface area contributed by atoms with E-state index in [2.05, 4.69) is 4.74 Å². The first-order chi connectivity index (χ1) is 9.33. The highest BCUT2D eigenvalue weighted by atomic mass is 32.1. The predicted molar refractivity (Wildman–Crippen MR) is 67.6 cm³/mol. The average Bonchev–Trinajstić information content (AvgIpc) is 2.78. The van der Waals surface area contributed by atoms with Crippen molar-refractivity contribution < 1.29 is 27.4 Å². The van der Waals surface area contributed by atoms with Crippen molar-refractivity contribution in [2.24, 2.45) is 0 Å². The van der Waals surface area contributed by atoms with Gasteiger partial charge in [0.2, 0.25) is 0 Å². The molecule has 2 aromatic rings. The molecule has 1 heterocycles. The molecule has 0 fully saturated rings. The van der Waals surface area contributed by atoms with Crippen molar-refractivity contribution in [1.82, 2.24) is 0 Å². The molecule has 0 N–H and O–H groups in total. The van der Waals surface area contributed by atoms with Gasteiger partial charge in [0.05, 0.1) is 4.88 Å². The maximum Gasteiger partial charge on any atom is 0.573 e. The molecule has 3 nitrogen and oxygen atoms in total. The molecule has 0 saturated heterocycles. The number of ether oxygens (including phenoxy) is 2. The Labute approximate surface area is 117 Å².